The minimum atomic E-state index is -4.76. The predicted molar refractivity (Wildman–Crippen MR) is 109 cm³/mol. The molecule has 0 fully saturated rings. The van der Waals surface area contributed by atoms with Gasteiger partial charge in [0.1, 0.15) is 11.8 Å². The molecule has 0 aliphatic carbocycles. The molecule has 1 aromatic rings. The fourth-order valence-electron chi connectivity index (χ4n) is 2.97. The number of nitrogens with zero attached hydrogens (tertiary/aromatic N) is 1. The molecular formula is C21H33F3N2O4. The molecule has 0 spiro atoms. The Bertz CT molecular complexity index is 639. The maximum absolute atomic E-state index is 12.0. The minimum absolute atomic E-state index is 0.0958. The van der Waals surface area contributed by atoms with Crippen LogP contribution in [0.4, 0.5) is 13.2 Å². The molecule has 1 aromatic carbocycles. The lowest BCUT2D eigenvalue weighted by Crippen LogP contribution is -2.41. The van der Waals surface area contributed by atoms with Crippen LogP contribution < -0.4 is 10.1 Å². The van der Waals surface area contributed by atoms with Gasteiger partial charge in [-0.3, -0.25) is 9.69 Å². The number of esters is 1. The zero-order chi connectivity index (χ0) is 23.5. The van der Waals surface area contributed by atoms with E-state index >= 15 is 0 Å². The molecule has 1 atom stereocenters. The van der Waals surface area contributed by atoms with Gasteiger partial charge in [-0.25, -0.2) is 4.79 Å². The highest BCUT2D eigenvalue weighted by atomic mass is 19.4. The van der Waals surface area contributed by atoms with Crippen molar-refractivity contribution in [2.45, 2.75) is 72.5 Å². The second kappa shape index (κ2) is 13.1. The number of halogens is 3. The first kappa shape index (κ1) is 27.7. The first-order valence-electron chi connectivity index (χ1n) is 9.76. The Balaban J connectivity index is 0.000000787. The van der Waals surface area contributed by atoms with E-state index < -0.39 is 24.3 Å². The van der Waals surface area contributed by atoms with Crippen LogP contribution in [0.1, 0.15) is 47.1 Å². The summed E-state index contributed by atoms with van der Waals surface area (Å²) < 4.78 is 44.3. The second-order valence-corrected chi connectivity index (χ2v) is 7.19. The maximum Gasteiger partial charge on any atom is 0.573 e. The number of methoxy groups -OCH3 is 1. The van der Waals surface area contributed by atoms with E-state index in [0.717, 1.165) is 18.7 Å². The third-order valence-corrected chi connectivity index (χ3v) is 4.15. The van der Waals surface area contributed by atoms with Crippen molar-refractivity contribution < 1.29 is 32.2 Å². The number of hydrogen-bond donors (Lipinski definition) is 1. The smallest absolute Gasteiger partial charge is 0.467 e. The van der Waals surface area contributed by atoms with Gasteiger partial charge in [-0.05, 0) is 51.9 Å². The average Bonchev–Trinajstić information content (AvgIpc) is 2.61. The maximum atomic E-state index is 12.0. The van der Waals surface area contributed by atoms with Crippen LogP contribution in [0.2, 0.25) is 0 Å². The Morgan fingerprint density at radius 3 is 1.87 bits per heavy atom. The molecule has 0 bridgehead atoms. The summed E-state index contributed by atoms with van der Waals surface area (Å²) in [6, 6.07) is 5.49. The summed E-state index contributed by atoms with van der Waals surface area (Å²) in [5.74, 6) is -1.41. The largest absolute Gasteiger partial charge is 0.573 e. The van der Waals surface area contributed by atoms with Crippen LogP contribution in [0, 0.1) is 0 Å². The summed E-state index contributed by atoms with van der Waals surface area (Å²) >= 11 is 0. The van der Waals surface area contributed by atoms with E-state index in [1.807, 2.05) is 0 Å². The third-order valence-electron chi connectivity index (χ3n) is 4.15. The summed E-state index contributed by atoms with van der Waals surface area (Å²) in [7, 11) is 1.18. The Morgan fingerprint density at radius 2 is 1.57 bits per heavy atom. The monoisotopic (exact) mass is 434 g/mol. The van der Waals surface area contributed by atoms with Gasteiger partial charge in [0.2, 0.25) is 5.91 Å². The Hall–Kier alpha value is -2.29. The highest BCUT2D eigenvalue weighted by molar-refractivity contribution is 5.83. The number of benzene rings is 1. The fraction of sp³-hybridized carbons (Fsp3) is 0.619. The molecule has 0 radical (unpaired) electrons. The van der Waals surface area contributed by atoms with Crippen molar-refractivity contribution in [3.05, 3.63) is 29.8 Å². The molecule has 1 amide bonds. The van der Waals surface area contributed by atoms with Gasteiger partial charge in [-0.15, -0.1) is 13.2 Å². The van der Waals surface area contributed by atoms with Gasteiger partial charge in [0.15, 0.2) is 0 Å². The van der Waals surface area contributed by atoms with Crippen molar-refractivity contribution >= 4 is 11.9 Å². The summed E-state index contributed by atoms with van der Waals surface area (Å²) in [6.45, 7) is 13.6. The highest BCUT2D eigenvalue weighted by Gasteiger charge is 2.31. The third kappa shape index (κ3) is 11.6. The van der Waals surface area contributed by atoms with E-state index in [0.29, 0.717) is 17.6 Å². The number of rotatable bonds is 8. The van der Waals surface area contributed by atoms with Crippen LogP contribution in [0.3, 0.4) is 0 Å². The van der Waals surface area contributed by atoms with Crippen molar-refractivity contribution in [1.29, 1.82) is 0 Å². The van der Waals surface area contributed by atoms with Crippen molar-refractivity contribution in [3.63, 3.8) is 0 Å². The zero-order valence-corrected chi connectivity index (χ0v) is 18.7. The van der Waals surface area contributed by atoms with Crippen LogP contribution in [0.5, 0.6) is 5.75 Å². The standard InChI is InChI=1S/C13H14F3NO4.C8H19N/c1-8(18)17-11(12(19)20-2)7-9-3-5-10(6-4-9)21-13(14,15)16;1-6-9(7(2)3)8(4)5/h3-6,11H,7H2,1-2H3,(H,17,18);7-8H,6H2,1-5H3. The van der Waals surface area contributed by atoms with Gasteiger partial charge in [-0.1, -0.05) is 19.1 Å². The molecule has 6 nitrogen and oxygen atoms in total. The molecule has 1 N–H and O–H groups in total. The van der Waals surface area contributed by atoms with E-state index in [4.69, 9.17) is 0 Å². The first-order valence-corrected chi connectivity index (χ1v) is 9.76. The predicted octanol–water partition coefficient (Wildman–Crippen LogP) is 3.93. The van der Waals surface area contributed by atoms with Gasteiger partial charge in [-0.2, -0.15) is 0 Å². The minimum Gasteiger partial charge on any atom is -0.467 e. The fourth-order valence-corrected chi connectivity index (χ4v) is 2.97. The molecule has 0 aliphatic rings. The topological polar surface area (TPSA) is 67.9 Å². The van der Waals surface area contributed by atoms with E-state index in [1.54, 1.807) is 0 Å². The number of amides is 1. The first-order chi connectivity index (χ1) is 13.8. The quantitative estimate of drug-likeness (QED) is 0.628. The Labute approximate surface area is 176 Å². The van der Waals surface area contributed by atoms with Crippen molar-refractivity contribution in [3.8, 4) is 5.75 Å². The van der Waals surface area contributed by atoms with Gasteiger partial charge in [0.25, 0.3) is 0 Å². The molecule has 172 valence electrons. The Morgan fingerprint density at radius 1 is 1.07 bits per heavy atom. The molecule has 0 aromatic heterocycles. The van der Waals surface area contributed by atoms with Gasteiger partial charge in [0.05, 0.1) is 7.11 Å². The van der Waals surface area contributed by atoms with Crippen LogP contribution >= 0.6 is 0 Å². The lowest BCUT2D eigenvalue weighted by atomic mass is 10.1. The van der Waals surface area contributed by atoms with Gasteiger partial charge < -0.3 is 14.8 Å². The molecule has 0 saturated carbocycles. The van der Waals surface area contributed by atoms with Crippen LogP contribution in [-0.4, -0.2) is 54.9 Å². The van der Waals surface area contributed by atoms with E-state index in [1.165, 1.54) is 26.2 Å². The van der Waals surface area contributed by atoms with E-state index in [2.05, 4.69) is 54.3 Å². The molecule has 1 unspecified atom stereocenters. The van der Waals surface area contributed by atoms with Gasteiger partial charge >= 0.3 is 12.3 Å². The molecule has 9 heteroatoms. The zero-order valence-electron chi connectivity index (χ0n) is 18.7. The number of hydrogen-bond acceptors (Lipinski definition) is 5. The highest BCUT2D eigenvalue weighted by Crippen LogP contribution is 2.23. The molecular weight excluding hydrogens is 401 g/mol. The number of alkyl halides is 3. The molecule has 30 heavy (non-hydrogen) atoms. The van der Waals surface area contributed by atoms with E-state index in [9.17, 15) is 22.8 Å². The number of nitrogens with one attached hydrogen (secondary N) is 1. The Kier molecular flexibility index (Phi) is 12.1. The summed E-state index contributed by atoms with van der Waals surface area (Å²) in [6.07, 6.45) is -4.66. The number of ether oxygens (including phenoxy) is 2. The van der Waals surface area contributed by atoms with Crippen LogP contribution in [0.15, 0.2) is 24.3 Å². The van der Waals surface area contributed by atoms with Crippen molar-refractivity contribution in [1.82, 2.24) is 10.2 Å². The molecule has 0 aliphatic heterocycles. The lowest BCUT2D eigenvalue weighted by Gasteiger charge is -2.28. The normalized spacial score (nSPS) is 12.3. The SMILES string of the molecule is CCN(C(C)C)C(C)C.COC(=O)C(Cc1ccc(OC(F)(F)F)cc1)NC(C)=O. The van der Waals surface area contributed by atoms with Crippen molar-refractivity contribution in [2.75, 3.05) is 13.7 Å². The van der Waals surface area contributed by atoms with Crippen LogP contribution in [-0.2, 0) is 20.7 Å². The molecule has 0 heterocycles. The lowest BCUT2D eigenvalue weighted by molar-refractivity contribution is -0.274. The number of carbonyl (C=O) groups excluding carboxylic acids is 2. The summed E-state index contributed by atoms with van der Waals surface area (Å²) in [4.78, 5) is 25.0. The van der Waals surface area contributed by atoms with Gasteiger partial charge in [0, 0.05) is 25.4 Å². The average molecular weight is 434 g/mol. The molecule has 0 saturated heterocycles. The van der Waals surface area contributed by atoms with Crippen LogP contribution in [0.25, 0.3) is 0 Å². The second-order valence-electron chi connectivity index (χ2n) is 7.19. The summed E-state index contributed by atoms with van der Waals surface area (Å²) in [5, 5.41) is 2.41. The molecule has 1 rings (SSSR count). The summed E-state index contributed by atoms with van der Waals surface area (Å²) in [5.41, 5.74) is 0.550. The van der Waals surface area contributed by atoms with E-state index in [-0.39, 0.29) is 12.2 Å². The number of carbonyl (C=O) groups is 2. The van der Waals surface area contributed by atoms with Crippen molar-refractivity contribution in [2.24, 2.45) is 0 Å².